The highest BCUT2D eigenvalue weighted by molar-refractivity contribution is 5.91. The van der Waals surface area contributed by atoms with E-state index in [4.69, 9.17) is 9.47 Å². The molecule has 0 aliphatic rings. The Hall–Kier alpha value is -1.97. The number of carbonyl (C=O) groups excluding carboxylic acids is 3. The fourth-order valence-corrected chi connectivity index (χ4v) is 1.43. The molecule has 132 valence electrons. The molecule has 0 saturated heterocycles. The lowest BCUT2D eigenvalue weighted by atomic mass is 10.3. The summed E-state index contributed by atoms with van der Waals surface area (Å²) in [5, 5.41) is 9.79. The Morgan fingerprint density at radius 2 is 1.52 bits per heavy atom. The maximum Gasteiger partial charge on any atom is 0.331 e. The van der Waals surface area contributed by atoms with Crippen LogP contribution in [0.3, 0.4) is 0 Å². The lowest BCUT2D eigenvalue weighted by Gasteiger charge is -2.24. The van der Waals surface area contributed by atoms with Gasteiger partial charge >= 0.3 is 11.9 Å². The molecule has 0 unspecified atom stereocenters. The molecule has 0 aliphatic heterocycles. The maximum absolute atomic E-state index is 12.1. The average molecular weight is 333 g/mol. The fraction of sp³-hybridized carbons (Fsp3) is 0.643. The molecule has 9 heteroatoms. The van der Waals surface area contributed by atoms with Crippen molar-refractivity contribution in [3.05, 3.63) is 12.2 Å². The van der Waals surface area contributed by atoms with Crippen LogP contribution in [0.2, 0.25) is 0 Å². The minimum atomic E-state index is -1.51. The highest BCUT2D eigenvalue weighted by atomic mass is 16.5. The summed E-state index contributed by atoms with van der Waals surface area (Å²) in [4.78, 5) is 35.5. The quantitative estimate of drug-likeness (QED) is 0.368. The van der Waals surface area contributed by atoms with Gasteiger partial charge in [-0.25, -0.2) is 9.59 Å². The second-order valence-corrected chi connectivity index (χ2v) is 4.31. The average Bonchev–Trinajstić information content (AvgIpc) is 2.56. The molecule has 0 aliphatic carbocycles. The molecule has 0 spiro atoms. The van der Waals surface area contributed by atoms with Crippen molar-refractivity contribution in [1.82, 2.24) is 4.90 Å². The topological polar surface area (TPSA) is 112 Å². The monoisotopic (exact) mass is 333 g/mol. The normalized spacial score (nSPS) is 12.0. The van der Waals surface area contributed by atoms with Crippen molar-refractivity contribution in [3.8, 4) is 0 Å². The molecule has 1 N–H and O–H groups in total. The van der Waals surface area contributed by atoms with E-state index in [0.717, 1.165) is 19.3 Å². The zero-order valence-electron chi connectivity index (χ0n) is 13.5. The number of carbonyl (C=O) groups is 3. The largest absolute Gasteiger partial charge is 0.466 e. The standard InChI is InChI=1S/C14H23NO8/c1-20-8-6-15(7-9-21-2)14(19)11(16)10-23-13(18)5-4-12(17)22-3/h4-5,11,16H,6-10H2,1-3H3/b5-4+/t11-/m0/s1. The molecule has 23 heavy (non-hydrogen) atoms. The highest BCUT2D eigenvalue weighted by Gasteiger charge is 2.23. The molecule has 9 nitrogen and oxygen atoms in total. The number of ether oxygens (including phenoxy) is 4. The minimum Gasteiger partial charge on any atom is -0.466 e. The van der Waals surface area contributed by atoms with Crippen molar-refractivity contribution < 1.29 is 38.4 Å². The molecule has 0 bridgehead atoms. The van der Waals surface area contributed by atoms with Gasteiger partial charge in [-0.15, -0.1) is 0 Å². The number of hydrogen-bond acceptors (Lipinski definition) is 8. The lowest BCUT2D eigenvalue weighted by molar-refractivity contribution is -0.150. The third-order valence-electron chi connectivity index (χ3n) is 2.67. The van der Waals surface area contributed by atoms with E-state index in [-0.39, 0.29) is 13.1 Å². The van der Waals surface area contributed by atoms with E-state index < -0.39 is 30.6 Å². The summed E-state index contributed by atoms with van der Waals surface area (Å²) >= 11 is 0. The molecule has 0 rings (SSSR count). The van der Waals surface area contributed by atoms with Gasteiger partial charge in [0, 0.05) is 39.5 Å². The van der Waals surface area contributed by atoms with Gasteiger partial charge < -0.3 is 29.0 Å². The number of rotatable bonds is 11. The molecule has 0 aromatic carbocycles. The van der Waals surface area contributed by atoms with Crippen molar-refractivity contribution in [1.29, 1.82) is 0 Å². The summed E-state index contributed by atoms with van der Waals surface area (Å²) < 4.78 is 18.8. The second kappa shape index (κ2) is 12.6. The summed E-state index contributed by atoms with van der Waals surface area (Å²) in [5.41, 5.74) is 0. The summed E-state index contributed by atoms with van der Waals surface area (Å²) in [6, 6.07) is 0. The van der Waals surface area contributed by atoms with Crippen LogP contribution < -0.4 is 0 Å². The van der Waals surface area contributed by atoms with E-state index in [9.17, 15) is 19.5 Å². The Bertz CT molecular complexity index is 402. The Morgan fingerprint density at radius 1 is 1.00 bits per heavy atom. The van der Waals surface area contributed by atoms with Gasteiger partial charge in [0.25, 0.3) is 5.91 Å². The SMILES string of the molecule is COCCN(CCOC)C(=O)[C@@H](O)COC(=O)/C=C/C(=O)OC. The smallest absolute Gasteiger partial charge is 0.331 e. The number of amides is 1. The van der Waals surface area contributed by atoms with Crippen LogP contribution in [-0.2, 0) is 33.3 Å². The first-order valence-electron chi connectivity index (χ1n) is 6.83. The first-order valence-corrected chi connectivity index (χ1v) is 6.83. The van der Waals surface area contributed by atoms with E-state index in [1.807, 2.05) is 0 Å². The number of esters is 2. The molecule has 0 radical (unpaired) electrons. The number of nitrogens with zero attached hydrogens (tertiary/aromatic N) is 1. The lowest BCUT2D eigenvalue weighted by Crippen LogP contribution is -2.44. The first-order chi connectivity index (χ1) is 11.0. The van der Waals surface area contributed by atoms with Gasteiger partial charge in [0.15, 0.2) is 6.10 Å². The Kier molecular flexibility index (Phi) is 11.5. The van der Waals surface area contributed by atoms with Crippen LogP contribution in [0.5, 0.6) is 0 Å². The molecule has 1 amide bonds. The molecular weight excluding hydrogens is 310 g/mol. The van der Waals surface area contributed by atoms with Crippen LogP contribution >= 0.6 is 0 Å². The molecule has 0 saturated carbocycles. The van der Waals surface area contributed by atoms with Crippen LogP contribution in [0.15, 0.2) is 12.2 Å². The summed E-state index contributed by atoms with van der Waals surface area (Å²) in [6.07, 6.45) is 0.204. The van der Waals surface area contributed by atoms with E-state index in [1.165, 1.54) is 19.1 Å². The summed E-state index contributed by atoms with van der Waals surface area (Å²) in [6.45, 7) is 0.602. The zero-order chi connectivity index (χ0) is 17.7. The van der Waals surface area contributed by atoms with Gasteiger partial charge in [-0.1, -0.05) is 0 Å². The van der Waals surface area contributed by atoms with Crippen molar-refractivity contribution in [2.75, 3.05) is 54.2 Å². The Morgan fingerprint density at radius 3 is 2.00 bits per heavy atom. The van der Waals surface area contributed by atoms with Crippen molar-refractivity contribution >= 4 is 17.8 Å². The Balaban J connectivity index is 4.40. The summed E-state index contributed by atoms with van der Waals surface area (Å²) in [7, 11) is 4.14. The molecule has 0 aromatic rings. The zero-order valence-corrected chi connectivity index (χ0v) is 13.5. The number of aliphatic hydroxyl groups excluding tert-OH is 1. The third-order valence-corrected chi connectivity index (χ3v) is 2.67. The van der Waals surface area contributed by atoms with Crippen LogP contribution in [-0.4, -0.2) is 88.2 Å². The van der Waals surface area contributed by atoms with Gasteiger partial charge in [-0.05, 0) is 0 Å². The predicted molar refractivity (Wildman–Crippen MR) is 78.5 cm³/mol. The number of methoxy groups -OCH3 is 3. The molecule has 1 atom stereocenters. The van der Waals surface area contributed by atoms with Gasteiger partial charge in [0.05, 0.1) is 20.3 Å². The van der Waals surface area contributed by atoms with E-state index in [1.54, 1.807) is 0 Å². The van der Waals surface area contributed by atoms with E-state index in [2.05, 4.69) is 9.47 Å². The van der Waals surface area contributed by atoms with Gasteiger partial charge in [0.1, 0.15) is 6.61 Å². The predicted octanol–water partition coefficient (Wildman–Crippen LogP) is -1.26. The maximum atomic E-state index is 12.1. The molecule has 0 aromatic heterocycles. The van der Waals surface area contributed by atoms with Crippen molar-refractivity contribution in [2.24, 2.45) is 0 Å². The summed E-state index contributed by atoms with van der Waals surface area (Å²) in [5.74, 6) is -2.20. The van der Waals surface area contributed by atoms with Crippen LogP contribution in [0, 0.1) is 0 Å². The third kappa shape index (κ3) is 9.61. The molecule has 0 heterocycles. The van der Waals surface area contributed by atoms with E-state index >= 15 is 0 Å². The molecular formula is C14H23NO8. The minimum absolute atomic E-state index is 0.270. The first kappa shape index (κ1) is 21.0. The van der Waals surface area contributed by atoms with Crippen LogP contribution in [0.25, 0.3) is 0 Å². The van der Waals surface area contributed by atoms with Crippen molar-refractivity contribution in [3.63, 3.8) is 0 Å². The van der Waals surface area contributed by atoms with Gasteiger partial charge in [0.2, 0.25) is 0 Å². The van der Waals surface area contributed by atoms with Crippen LogP contribution in [0.4, 0.5) is 0 Å². The van der Waals surface area contributed by atoms with Gasteiger partial charge in [-0.2, -0.15) is 0 Å². The second-order valence-electron chi connectivity index (χ2n) is 4.31. The van der Waals surface area contributed by atoms with Gasteiger partial charge in [-0.3, -0.25) is 4.79 Å². The number of aliphatic hydroxyl groups is 1. The molecule has 0 fully saturated rings. The fourth-order valence-electron chi connectivity index (χ4n) is 1.43. The van der Waals surface area contributed by atoms with E-state index in [0.29, 0.717) is 13.2 Å². The highest BCUT2D eigenvalue weighted by Crippen LogP contribution is 1.98. The van der Waals surface area contributed by atoms with Crippen LogP contribution in [0.1, 0.15) is 0 Å². The van der Waals surface area contributed by atoms with Crippen molar-refractivity contribution in [2.45, 2.75) is 6.10 Å². The Labute approximate surface area is 134 Å². The number of hydrogen-bond donors (Lipinski definition) is 1.